The second kappa shape index (κ2) is 9.19. The number of para-hydroxylation sites is 2. The fourth-order valence-corrected chi connectivity index (χ4v) is 4.61. The first-order valence-corrected chi connectivity index (χ1v) is 11.3. The first kappa shape index (κ1) is 20.9. The van der Waals surface area contributed by atoms with Crippen molar-refractivity contribution < 1.29 is 0 Å². The normalized spacial score (nSPS) is 17.9. The molecule has 0 spiro atoms. The van der Waals surface area contributed by atoms with Crippen molar-refractivity contribution in [1.82, 2.24) is 14.9 Å². The molecule has 1 aliphatic rings. The van der Waals surface area contributed by atoms with Crippen molar-refractivity contribution in [2.45, 2.75) is 38.6 Å². The van der Waals surface area contributed by atoms with E-state index in [1.165, 1.54) is 5.56 Å². The van der Waals surface area contributed by atoms with Gasteiger partial charge in [0.05, 0.1) is 11.0 Å². The molecule has 30 heavy (non-hydrogen) atoms. The Balaban J connectivity index is 1.33. The van der Waals surface area contributed by atoms with Crippen LogP contribution in [0.1, 0.15) is 38.7 Å². The minimum absolute atomic E-state index is 0.257. The predicted octanol–water partition coefficient (Wildman–Crippen LogP) is 4.37. The SMILES string of the molecule is CC(C)C(N)(CCCN1CCCN(c2nc3ccccc3[nH]2)CC1)c1ccccc1. The van der Waals surface area contributed by atoms with E-state index in [0.29, 0.717) is 5.92 Å². The number of aromatic amines is 1. The van der Waals surface area contributed by atoms with Crippen molar-refractivity contribution in [3.05, 3.63) is 60.2 Å². The third-order valence-corrected chi connectivity index (χ3v) is 6.67. The van der Waals surface area contributed by atoms with Gasteiger partial charge in [-0.25, -0.2) is 4.98 Å². The van der Waals surface area contributed by atoms with Crippen LogP contribution in [0.2, 0.25) is 0 Å². The molecule has 160 valence electrons. The summed E-state index contributed by atoms with van der Waals surface area (Å²) in [6.45, 7) is 9.85. The fraction of sp³-hybridized carbons (Fsp3) is 0.480. The lowest BCUT2D eigenvalue weighted by Gasteiger charge is -2.35. The van der Waals surface area contributed by atoms with Gasteiger partial charge in [-0.05, 0) is 56.0 Å². The molecule has 0 radical (unpaired) electrons. The summed E-state index contributed by atoms with van der Waals surface area (Å²) in [6, 6.07) is 18.9. The zero-order chi connectivity index (χ0) is 21.0. The Hall–Kier alpha value is -2.37. The molecule has 0 saturated carbocycles. The lowest BCUT2D eigenvalue weighted by atomic mass is 9.77. The van der Waals surface area contributed by atoms with Crippen molar-refractivity contribution in [3.63, 3.8) is 0 Å². The number of hydrogen-bond acceptors (Lipinski definition) is 4. The van der Waals surface area contributed by atoms with Crippen LogP contribution in [0.25, 0.3) is 11.0 Å². The molecule has 0 amide bonds. The minimum Gasteiger partial charge on any atom is -0.341 e. The summed E-state index contributed by atoms with van der Waals surface area (Å²) >= 11 is 0. The Morgan fingerprint density at radius 3 is 2.53 bits per heavy atom. The predicted molar refractivity (Wildman–Crippen MR) is 126 cm³/mol. The molecule has 5 nitrogen and oxygen atoms in total. The van der Waals surface area contributed by atoms with Crippen molar-refractivity contribution >= 4 is 17.0 Å². The van der Waals surface area contributed by atoms with Crippen LogP contribution in [0.4, 0.5) is 5.95 Å². The molecular formula is C25H35N5. The molecule has 0 aliphatic carbocycles. The summed E-state index contributed by atoms with van der Waals surface area (Å²) in [5.74, 6) is 1.41. The van der Waals surface area contributed by atoms with Crippen LogP contribution in [-0.2, 0) is 5.54 Å². The number of aromatic nitrogens is 2. The van der Waals surface area contributed by atoms with Gasteiger partial charge in [0.1, 0.15) is 0 Å². The second-order valence-corrected chi connectivity index (χ2v) is 8.92. The highest BCUT2D eigenvalue weighted by atomic mass is 15.3. The molecule has 1 unspecified atom stereocenters. The van der Waals surface area contributed by atoms with Crippen molar-refractivity contribution in [2.75, 3.05) is 37.6 Å². The summed E-state index contributed by atoms with van der Waals surface area (Å²) in [5.41, 5.74) is 10.1. The molecule has 2 aromatic carbocycles. The monoisotopic (exact) mass is 405 g/mol. The fourth-order valence-electron chi connectivity index (χ4n) is 4.61. The van der Waals surface area contributed by atoms with Gasteiger partial charge in [0.25, 0.3) is 0 Å². The number of hydrogen-bond donors (Lipinski definition) is 2. The molecule has 1 aliphatic heterocycles. The number of imidazole rings is 1. The van der Waals surface area contributed by atoms with E-state index in [-0.39, 0.29) is 5.54 Å². The van der Waals surface area contributed by atoms with E-state index in [2.05, 4.69) is 77.2 Å². The summed E-state index contributed by atoms with van der Waals surface area (Å²) in [7, 11) is 0. The maximum absolute atomic E-state index is 6.90. The second-order valence-electron chi connectivity index (χ2n) is 8.92. The molecule has 5 heteroatoms. The summed E-state index contributed by atoms with van der Waals surface area (Å²) < 4.78 is 0. The molecule has 2 heterocycles. The van der Waals surface area contributed by atoms with Gasteiger partial charge in [0, 0.05) is 25.2 Å². The summed E-state index contributed by atoms with van der Waals surface area (Å²) in [4.78, 5) is 13.3. The molecular weight excluding hydrogens is 370 g/mol. The van der Waals surface area contributed by atoms with Crippen molar-refractivity contribution in [2.24, 2.45) is 11.7 Å². The van der Waals surface area contributed by atoms with Crippen LogP contribution in [0.3, 0.4) is 0 Å². The van der Waals surface area contributed by atoms with Gasteiger partial charge in [-0.3, -0.25) is 0 Å². The Kier molecular flexibility index (Phi) is 6.40. The highest BCUT2D eigenvalue weighted by molar-refractivity contribution is 5.77. The molecule has 1 aromatic heterocycles. The van der Waals surface area contributed by atoms with Gasteiger partial charge >= 0.3 is 0 Å². The van der Waals surface area contributed by atoms with Crippen LogP contribution in [0, 0.1) is 5.92 Å². The maximum Gasteiger partial charge on any atom is 0.203 e. The first-order valence-electron chi connectivity index (χ1n) is 11.3. The largest absolute Gasteiger partial charge is 0.341 e. The number of nitrogens with zero attached hydrogens (tertiary/aromatic N) is 3. The molecule has 1 atom stereocenters. The van der Waals surface area contributed by atoms with Crippen molar-refractivity contribution in [3.8, 4) is 0 Å². The lowest BCUT2D eigenvalue weighted by molar-refractivity contribution is 0.241. The molecule has 0 bridgehead atoms. The summed E-state index contributed by atoms with van der Waals surface area (Å²) in [5, 5.41) is 0. The van der Waals surface area contributed by atoms with E-state index in [0.717, 1.165) is 69.0 Å². The third-order valence-electron chi connectivity index (χ3n) is 6.67. The molecule has 3 N–H and O–H groups in total. The average Bonchev–Trinajstić information content (AvgIpc) is 3.06. The van der Waals surface area contributed by atoms with Gasteiger partial charge in [0.15, 0.2) is 0 Å². The van der Waals surface area contributed by atoms with Gasteiger partial charge in [-0.2, -0.15) is 0 Å². The number of H-pyrrole nitrogens is 1. The molecule has 1 saturated heterocycles. The average molecular weight is 406 g/mol. The number of fused-ring (bicyclic) bond motifs is 1. The van der Waals surface area contributed by atoms with Gasteiger partial charge in [-0.15, -0.1) is 0 Å². The van der Waals surface area contributed by atoms with E-state index < -0.39 is 0 Å². The minimum atomic E-state index is -0.257. The number of anilines is 1. The zero-order valence-corrected chi connectivity index (χ0v) is 18.3. The number of nitrogens with two attached hydrogens (primary N) is 1. The highest BCUT2D eigenvalue weighted by Gasteiger charge is 2.30. The first-order chi connectivity index (χ1) is 14.6. The van der Waals surface area contributed by atoms with Crippen LogP contribution >= 0.6 is 0 Å². The van der Waals surface area contributed by atoms with E-state index in [4.69, 9.17) is 10.7 Å². The Morgan fingerprint density at radius 1 is 1.00 bits per heavy atom. The Labute approximate surface area is 180 Å². The van der Waals surface area contributed by atoms with E-state index in [1.807, 2.05) is 6.07 Å². The van der Waals surface area contributed by atoms with Crippen LogP contribution < -0.4 is 10.6 Å². The quantitative estimate of drug-likeness (QED) is 0.613. The molecule has 3 aromatic rings. The van der Waals surface area contributed by atoms with Crippen LogP contribution in [0.15, 0.2) is 54.6 Å². The van der Waals surface area contributed by atoms with Gasteiger partial charge in [0.2, 0.25) is 5.95 Å². The maximum atomic E-state index is 6.90. The van der Waals surface area contributed by atoms with Crippen LogP contribution in [-0.4, -0.2) is 47.6 Å². The van der Waals surface area contributed by atoms with Crippen molar-refractivity contribution in [1.29, 1.82) is 0 Å². The molecule has 1 fully saturated rings. The summed E-state index contributed by atoms with van der Waals surface area (Å²) in [6.07, 6.45) is 3.29. The topological polar surface area (TPSA) is 61.2 Å². The zero-order valence-electron chi connectivity index (χ0n) is 18.3. The lowest BCUT2D eigenvalue weighted by Crippen LogP contribution is -2.42. The Bertz CT molecular complexity index is 902. The standard InChI is InChI=1S/C25H35N5/c1-20(2)25(26,21-10-4-3-5-11-21)14-8-15-29-16-9-17-30(19-18-29)24-27-22-12-6-7-13-23(22)28-24/h3-7,10-13,20H,8-9,14-19,26H2,1-2H3,(H,27,28). The number of nitrogens with one attached hydrogen (secondary N) is 1. The van der Waals surface area contributed by atoms with Gasteiger partial charge in [-0.1, -0.05) is 56.3 Å². The van der Waals surface area contributed by atoms with Crippen LogP contribution in [0.5, 0.6) is 0 Å². The highest BCUT2D eigenvalue weighted by Crippen LogP contribution is 2.31. The Morgan fingerprint density at radius 2 is 1.77 bits per heavy atom. The number of rotatable bonds is 7. The third kappa shape index (κ3) is 4.52. The van der Waals surface area contributed by atoms with E-state index in [1.54, 1.807) is 0 Å². The smallest absolute Gasteiger partial charge is 0.203 e. The molecule has 4 rings (SSSR count). The van der Waals surface area contributed by atoms with Gasteiger partial charge < -0.3 is 20.5 Å². The van der Waals surface area contributed by atoms with E-state index in [9.17, 15) is 0 Å². The van der Waals surface area contributed by atoms with E-state index >= 15 is 0 Å². The number of benzene rings is 2.